The Labute approximate surface area is 96.0 Å². The summed E-state index contributed by atoms with van der Waals surface area (Å²) in [4.78, 5) is 1.45. The molecule has 0 spiro atoms. The van der Waals surface area contributed by atoms with Crippen LogP contribution in [0.25, 0.3) is 0 Å². The standard InChI is InChI=1S/C13H17NS/c1-3-10(2)14-8-11-9-15-13-7-5-4-6-12(11)13/h3-7,10-11,14H,1,8-9H2,2H3. The molecular formula is C13H17NS. The number of thioether (sulfide) groups is 1. The van der Waals surface area contributed by atoms with Gasteiger partial charge in [0.1, 0.15) is 0 Å². The van der Waals surface area contributed by atoms with Crippen molar-refractivity contribution in [1.82, 2.24) is 5.32 Å². The summed E-state index contributed by atoms with van der Waals surface area (Å²) < 4.78 is 0. The molecule has 2 heteroatoms. The molecule has 15 heavy (non-hydrogen) atoms. The molecular weight excluding hydrogens is 202 g/mol. The SMILES string of the molecule is C=CC(C)NCC1CSc2ccccc21. The highest BCUT2D eigenvalue weighted by Crippen LogP contribution is 2.38. The van der Waals surface area contributed by atoms with Crippen LogP contribution in [0.15, 0.2) is 41.8 Å². The summed E-state index contributed by atoms with van der Waals surface area (Å²) in [5.74, 6) is 1.87. The highest BCUT2D eigenvalue weighted by molar-refractivity contribution is 7.99. The van der Waals surface area contributed by atoms with Crippen LogP contribution in [-0.2, 0) is 0 Å². The van der Waals surface area contributed by atoms with Gasteiger partial charge < -0.3 is 5.32 Å². The van der Waals surface area contributed by atoms with Gasteiger partial charge in [-0.05, 0) is 18.6 Å². The lowest BCUT2D eigenvalue weighted by Gasteiger charge is -2.14. The van der Waals surface area contributed by atoms with Crippen molar-refractivity contribution < 1.29 is 0 Å². The molecule has 0 radical (unpaired) electrons. The molecule has 0 saturated heterocycles. The number of hydrogen-bond acceptors (Lipinski definition) is 2. The van der Waals surface area contributed by atoms with Gasteiger partial charge in [-0.2, -0.15) is 0 Å². The monoisotopic (exact) mass is 219 g/mol. The summed E-state index contributed by atoms with van der Waals surface area (Å²) in [6, 6.07) is 9.13. The van der Waals surface area contributed by atoms with Crippen LogP contribution >= 0.6 is 11.8 Å². The van der Waals surface area contributed by atoms with E-state index in [-0.39, 0.29) is 0 Å². The molecule has 1 nitrogen and oxygen atoms in total. The van der Waals surface area contributed by atoms with E-state index in [1.54, 1.807) is 0 Å². The Bertz CT molecular complexity index is 348. The summed E-state index contributed by atoms with van der Waals surface area (Å²) in [6.07, 6.45) is 1.95. The minimum absolute atomic E-state index is 0.405. The van der Waals surface area contributed by atoms with Crippen LogP contribution in [0.4, 0.5) is 0 Å². The fraction of sp³-hybridized carbons (Fsp3) is 0.385. The molecule has 2 rings (SSSR count). The number of hydrogen-bond donors (Lipinski definition) is 1. The zero-order valence-electron chi connectivity index (χ0n) is 9.07. The Morgan fingerprint density at radius 3 is 3.20 bits per heavy atom. The first kappa shape index (κ1) is 10.8. The molecule has 0 amide bonds. The van der Waals surface area contributed by atoms with Crippen molar-refractivity contribution in [2.24, 2.45) is 0 Å². The summed E-state index contributed by atoms with van der Waals surface area (Å²) in [5, 5.41) is 3.48. The highest BCUT2D eigenvalue weighted by atomic mass is 32.2. The number of benzene rings is 1. The molecule has 1 aromatic rings. The van der Waals surface area contributed by atoms with Crippen molar-refractivity contribution >= 4 is 11.8 Å². The molecule has 2 unspecified atom stereocenters. The molecule has 2 atom stereocenters. The van der Waals surface area contributed by atoms with E-state index in [9.17, 15) is 0 Å². The van der Waals surface area contributed by atoms with Gasteiger partial charge in [0.15, 0.2) is 0 Å². The smallest absolute Gasteiger partial charge is 0.0219 e. The Morgan fingerprint density at radius 2 is 2.40 bits per heavy atom. The second kappa shape index (κ2) is 4.86. The summed E-state index contributed by atoms with van der Waals surface area (Å²) in [5.41, 5.74) is 1.51. The summed E-state index contributed by atoms with van der Waals surface area (Å²) in [7, 11) is 0. The lowest BCUT2D eigenvalue weighted by atomic mass is 10.0. The molecule has 1 aliphatic rings. The molecule has 0 aromatic heterocycles. The Hall–Kier alpha value is -0.730. The van der Waals surface area contributed by atoms with Gasteiger partial charge in [0, 0.05) is 29.2 Å². The van der Waals surface area contributed by atoms with Crippen LogP contribution in [0.5, 0.6) is 0 Å². The molecule has 80 valence electrons. The molecule has 1 aromatic carbocycles. The highest BCUT2D eigenvalue weighted by Gasteiger charge is 2.22. The fourth-order valence-electron chi connectivity index (χ4n) is 1.81. The van der Waals surface area contributed by atoms with E-state index in [0.29, 0.717) is 12.0 Å². The van der Waals surface area contributed by atoms with Crippen molar-refractivity contribution in [1.29, 1.82) is 0 Å². The largest absolute Gasteiger partial charge is 0.310 e. The van der Waals surface area contributed by atoms with Gasteiger partial charge in [0.2, 0.25) is 0 Å². The first-order valence-corrected chi connectivity index (χ1v) is 6.37. The van der Waals surface area contributed by atoms with E-state index in [0.717, 1.165) is 6.54 Å². The van der Waals surface area contributed by atoms with Crippen molar-refractivity contribution in [3.05, 3.63) is 42.5 Å². The zero-order chi connectivity index (χ0) is 10.7. The molecule has 0 saturated carbocycles. The van der Waals surface area contributed by atoms with Gasteiger partial charge in [-0.1, -0.05) is 24.3 Å². The van der Waals surface area contributed by atoms with E-state index in [1.807, 2.05) is 17.8 Å². The molecule has 0 bridgehead atoms. The molecule has 1 N–H and O–H groups in total. The second-order valence-corrected chi connectivity index (χ2v) is 5.04. The maximum absolute atomic E-state index is 3.78. The quantitative estimate of drug-likeness (QED) is 0.781. The second-order valence-electron chi connectivity index (χ2n) is 3.98. The van der Waals surface area contributed by atoms with Crippen LogP contribution in [0.3, 0.4) is 0 Å². The predicted octanol–water partition coefficient (Wildman–Crippen LogP) is 3.04. The van der Waals surface area contributed by atoms with E-state index in [1.165, 1.54) is 16.2 Å². The Morgan fingerprint density at radius 1 is 1.60 bits per heavy atom. The van der Waals surface area contributed by atoms with E-state index < -0.39 is 0 Å². The minimum Gasteiger partial charge on any atom is -0.310 e. The molecule has 1 heterocycles. The van der Waals surface area contributed by atoms with Gasteiger partial charge in [-0.25, -0.2) is 0 Å². The van der Waals surface area contributed by atoms with Gasteiger partial charge in [-0.3, -0.25) is 0 Å². The first-order valence-electron chi connectivity index (χ1n) is 5.39. The third-order valence-corrected chi connectivity index (χ3v) is 4.09. The maximum Gasteiger partial charge on any atom is 0.0219 e. The molecule has 0 aliphatic carbocycles. The van der Waals surface area contributed by atoms with Crippen LogP contribution < -0.4 is 5.32 Å². The lowest BCUT2D eigenvalue weighted by Crippen LogP contribution is -2.28. The van der Waals surface area contributed by atoms with Crippen molar-refractivity contribution in [3.8, 4) is 0 Å². The molecule has 0 fully saturated rings. The maximum atomic E-state index is 3.78. The third-order valence-electron chi connectivity index (χ3n) is 2.84. The van der Waals surface area contributed by atoms with Crippen LogP contribution in [0, 0.1) is 0 Å². The lowest BCUT2D eigenvalue weighted by molar-refractivity contribution is 0.584. The average molecular weight is 219 g/mol. The first-order chi connectivity index (χ1) is 7.31. The van der Waals surface area contributed by atoms with Crippen LogP contribution in [0.1, 0.15) is 18.4 Å². The molecule has 1 aliphatic heterocycles. The van der Waals surface area contributed by atoms with Gasteiger partial charge in [0.25, 0.3) is 0 Å². The van der Waals surface area contributed by atoms with E-state index >= 15 is 0 Å². The zero-order valence-corrected chi connectivity index (χ0v) is 9.89. The number of nitrogens with one attached hydrogen (secondary N) is 1. The summed E-state index contributed by atoms with van der Waals surface area (Å²) in [6.45, 7) is 6.98. The van der Waals surface area contributed by atoms with Crippen molar-refractivity contribution in [3.63, 3.8) is 0 Å². The van der Waals surface area contributed by atoms with Gasteiger partial charge >= 0.3 is 0 Å². The minimum atomic E-state index is 0.405. The third kappa shape index (κ3) is 2.44. The number of rotatable bonds is 4. The van der Waals surface area contributed by atoms with Crippen molar-refractivity contribution in [2.75, 3.05) is 12.3 Å². The normalized spacial score (nSPS) is 21.0. The number of fused-ring (bicyclic) bond motifs is 1. The Kier molecular flexibility index (Phi) is 3.49. The van der Waals surface area contributed by atoms with Gasteiger partial charge in [-0.15, -0.1) is 18.3 Å². The predicted molar refractivity (Wildman–Crippen MR) is 67.6 cm³/mol. The average Bonchev–Trinajstić information content (AvgIpc) is 2.69. The summed E-state index contributed by atoms with van der Waals surface area (Å²) >= 11 is 1.97. The van der Waals surface area contributed by atoms with E-state index in [2.05, 4.69) is 43.1 Å². The fourth-order valence-corrected chi connectivity index (χ4v) is 3.06. The van der Waals surface area contributed by atoms with Crippen LogP contribution in [-0.4, -0.2) is 18.3 Å². The van der Waals surface area contributed by atoms with Gasteiger partial charge in [0.05, 0.1) is 0 Å². The topological polar surface area (TPSA) is 12.0 Å². The van der Waals surface area contributed by atoms with Crippen LogP contribution in [0.2, 0.25) is 0 Å². The van der Waals surface area contributed by atoms with E-state index in [4.69, 9.17) is 0 Å². The van der Waals surface area contributed by atoms with Crippen molar-refractivity contribution in [2.45, 2.75) is 23.8 Å². The Balaban J connectivity index is 1.99.